The summed E-state index contributed by atoms with van der Waals surface area (Å²) in [5, 5.41) is 4.13. The van der Waals surface area contributed by atoms with Crippen molar-refractivity contribution >= 4 is 11.6 Å². The van der Waals surface area contributed by atoms with Crippen molar-refractivity contribution in [1.82, 2.24) is 5.32 Å². The number of nitrogens with one attached hydrogen (secondary N) is 1. The summed E-state index contributed by atoms with van der Waals surface area (Å²) >= 11 is 6.25. The van der Waals surface area contributed by atoms with Crippen LogP contribution in [0.1, 0.15) is 32.3 Å². The van der Waals surface area contributed by atoms with Crippen molar-refractivity contribution in [2.75, 3.05) is 13.1 Å². The zero-order chi connectivity index (χ0) is 13.0. The minimum Gasteiger partial charge on any atom is -0.489 e. The lowest BCUT2D eigenvalue weighted by molar-refractivity contribution is 0.242. The zero-order valence-electron chi connectivity index (χ0n) is 11.2. The van der Waals surface area contributed by atoms with Crippen LogP contribution in [0.25, 0.3) is 0 Å². The van der Waals surface area contributed by atoms with Crippen LogP contribution in [0, 0.1) is 5.92 Å². The molecule has 2 nitrogen and oxygen atoms in total. The molecule has 0 saturated carbocycles. The molecule has 0 spiro atoms. The minimum atomic E-state index is 0.165. The number of piperidine rings is 1. The van der Waals surface area contributed by atoms with Gasteiger partial charge >= 0.3 is 0 Å². The van der Waals surface area contributed by atoms with Crippen molar-refractivity contribution < 1.29 is 4.74 Å². The van der Waals surface area contributed by atoms with Crippen LogP contribution in [0.3, 0.4) is 0 Å². The largest absolute Gasteiger partial charge is 0.489 e. The Morgan fingerprint density at radius 3 is 2.67 bits per heavy atom. The first kappa shape index (κ1) is 13.7. The van der Waals surface area contributed by atoms with E-state index in [2.05, 4.69) is 17.4 Å². The fraction of sp³-hybridized carbons (Fsp3) is 0.600. The number of rotatable bonds is 4. The maximum Gasteiger partial charge on any atom is 0.138 e. The second kappa shape index (κ2) is 6.44. The normalized spacial score (nSPS) is 17.1. The quantitative estimate of drug-likeness (QED) is 0.899. The van der Waals surface area contributed by atoms with E-state index in [4.69, 9.17) is 16.3 Å². The van der Waals surface area contributed by atoms with Crippen molar-refractivity contribution in [1.29, 1.82) is 0 Å². The highest BCUT2D eigenvalue weighted by molar-refractivity contribution is 6.32. The Morgan fingerprint density at radius 2 is 2.06 bits per heavy atom. The van der Waals surface area contributed by atoms with E-state index in [9.17, 15) is 0 Å². The van der Waals surface area contributed by atoms with Crippen LogP contribution in [0.5, 0.6) is 5.75 Å². The van der Waals surface area contributed by atoms with Gasteiger partial charge in [0, 0.05) is 0 Å². The molecule has 0 radical (unpaired) electrons. The van der Waals surface area contributed by atoms with E-state index in [1.807, 2.05) is 19.9 Å². The summed E-state index contributed by atoms with van der Waals surface area (Å²) in [6.45, 7) is 6.32. The molecule has 0 bridgehead atoms. The third kappa shape index (κ3) is 3.89. The predicted octanol–water partition coefficient (Wildman–Crippen LogP) is 3.67. The van der Waals surface area contributed by atoms with Crippen molar-refractivity contribution in [3.63, 3.8) is 0 Å². The fourth-order valence-electron chi connectivity index (χ4n) is 2.44. The smallest absolute Gasteiger partial charge is 0.138 e. The van der Waals surface area contributed by atoms with Crippen LogP contribution in [0.2, 0.25) is 5.02 Å². The molecular weight excluding hydrogens is 246 g/mol. The van der Waals surface area contributed by atoms with Crippen LogP contribution in [-0.4, -0.2) is 19.2 Å². The number of hydrogen-bond donors (Lipinski definition) is 1. The summed E-state index contributed by atoms with van der Waals surface area (Å²) < 4.78 is 5.65. The lowest BCUT2D eigenvalue weighted by Crippen LogP contribution is -2.28. The van der Waals surface area contributed by atoms with Crippen LogP contribution >= 0.6 is 11.6 Å². The Bertz CT molecular complexity index is 386. The number of benzene rings is 1. The summed E-state index contributed by atoms with van der Waals surface area (Å²) in [7, 11) is 0. The van der Waals surface area contributed by atoms with Gasteiger partial charge in [0.25, 0.3) is 0 Å². The van der Waals surface area contributed by atoms with E-state index in [0.717, 1.165) is 36.2 Å². The average Bonchev–Trinajstić information content (AvgIpc) is 2.33. The Labute approximate surface area is 115 Å². The Hall–Kier alpha value is -0.730. The van der Waals surface area contributed by atoms with Gasteiger partial charge in [-0.1, -0.05) is 17.7 Å². The van der Waals surface area contributed by atoms with Gasteiger partial charge < -0.3 is 10.1 Å². The third-order valence-electron chi connectivity index (χ3n) is 3.34. The summed E-state index contributed by atoms with van der Waals surface area (Å²) in [5.74, 6) is 1.58. The van der Waals surface area contributed by atoms with Crippen LogP contribution in [0.4, 0.5) is 0 Å². The maximum atomic E-state index is 6.25. The SMILES string of the molecule is CC(C)Oc1ccc(CC2CCNCC2)cc1Cl. The van der Waals surface area contributed by atoms with Crippen molar-refractivity contribution in [3.05, 3.63) is 28.8 Å². The topological polar surface area (TPSA) is 21.3 Å². The lowest BCUT2D eigenvalue weighted by atomic mass is 9.91. The molecular formula is C15H22ClNO. The van der Waals surface area contributed by atoms with Gasteiger partial charge in [-0.15, -0.1) is 0 Å². The number of hydrogen-bond acceptors (Lipinski definition) is 2. The van der Waals surface area contributed by atoms with E-state index in [-0.39, 0.29) is 6.10 Å². The van der Waals surface area contributed by atoms with Gasteiger partial charge in [0.15, 0.2) is 0 Å². The standard InChI is InChI=1S/C15H22ClNO/c1-11(2)18-15-4-3-13(10-14(15)16)9-12-5-7-17-8-6-12/h3-4,10-12,17H,5-9H2,1-2H3. The molecule has 100 valence electrons. The molecule has 0 aliphatic carbocycles. The summed E-state index contributed by atoms with van der Waals surface area (Å²) in [4.78, 5) is 0. The predicted molar refractivity (Wildman–Crippen MR) is 76.5 cm³/mol. The highest BCUT2D eigenvalue weighted by atomic mass is 35.5. The third-order valence-corrected chi connectivity index (χ3v) is 3.64. The molecule has 0 atom stereocenters. The lowest BCUT2D eigenvalue weighted by Gasteiger charge is -2.22. The monoisotopic (exact) mass is 267 g/mol. The van der Waals surface area contributed by atoms with Crippen LogP contribution < -0.4 is 10.1 Å². The van der Waals surface area contributed by atoms with E-state index < -0.39 is 0 Å². The van der Waals surface area contributed by atoms with E-state index >= 15 is 0 Å². The Kier molecular flexibility index (Phi) is 4.90. The fourth-order valence-corrected chi connectivity index (χ4v) is 2.69. The minimum absolute atomic E-state index is 0.165. The van der Waals surface area contributed by atoms with Gasteiger partial charge in [0.1, 0.15) is 5.75 Å². The first-order chi connectivity index (χ1) is 8.65. The highest BCUT2D eigenvalue weighted by Crippen LogP contribution is 2.28. The van der Waals surface area contributed by atoms with Gasteiger partial charge in [-0.2, -0.15) is 0 Å². The van der Waals surface area contributed by atoms with Gasteiger partial charge in [0.2, 0.25) is 0 Å². The highest BCUT2D eigenvalue weighted by Gasteiger charge is 2.14. The van der Waals surface area contributed by atoms with Gasteiger partial charge in [-0.25, -0.2) is 0 Å². The molecule has 1 N–H and O–H groups in total. The first-order valence-electron chi connectivity index (χ1n) is 6.81. The average molecular weight is 268 g/mol. The Balaban J connectivity index is 1.99. The molecule has 0 aromatic heterocycles. The number of halogens is 1. The van der Waals surface area contributed by atoms with E-state index in [0.29, 0.717) is 0 Å². The van der Waals surface area contributed by atoms with Crippen molar-refractivity contribution in [3.8, 4) is 5.75 Å². The second-order valence-corrected chi connectivity index (χ2v) is 5.74. The van der Waals surface area contributed by atoms with Crippen molar-refractivity contribution in [2.45, 2.75) is 39.2 Å². The first-order valence-corrected chi connectivity index (χ1v) is 7.18. The van der Waals surface area contributed by atoms with E-state index in [1.54, 1.807) is 0 Å². The molecule has 1 fully saturated rings. The van der Waals surface area contributed by atoms with Gasteiger partial charge in [-0.3, -0.25) is 0 Å². The molecule has 0 amide bonds. The molecule has 1 aromatic carbocycles. The van der Waals surface area contributed by atoms with Gasteiger partial charge in [-0.05, 0) is 69.8 Å². The number of ether oxygens (including phenoxy) is 1. The van der Waals surface area contributed by atoms with E-state index in [1.165, 1.54) is 18.4 Å². The molecule has 1 aliphatic heterocycles. The molecule has 0 unspecified atom stereocenters. The molecule has 1 aliphatic rings. The molecule has 3 heteroatoms. The van der Waals surface area contributed by atoms with Crippen LogP contribution in [-0.2, 0) is 6.42 Å². The zero-order valence-corrected chi connectivity index (χ0v) is 12.0. The molecule has 1 saturated heterocycles. The summed E-state index contributed by atoms with van der Waals surface area (Å²) in [6, 6.07) is 6.20. The molecule has 2 rings (SSSR count). The van der Waals surface area contributed by atoms with Gasteiger partial charge in [0.05, 0.1) is 11.1 Å². The summed E-state index contributed by atoms with van der Waals surface area (Å²) in [6.07, 6.45) is 3.82. The maximum absolute atomic E-state index is 6.25. The summed E-state index contributed by atoms with van der Waals surface area (Å²) in [5.41, 5.74) is 1.32. The molecule has 18 heavy (non-hydrogen) atoms. The van der Waals surface area contributed by atoms with Crippen LogP contribution in [0.15, 0.2) is 18.2 Å². The second-order valence-electron chi connectivity index (χ2n) is 5.33. The Morgan fingerprint density at radius 1 is 1.33 bits per heavy atom. The molecule has 1 aromatic rings. The van der Waals surface area contributed by atoms with Crippen molar-refractivity contribution in [2.24, 2.45) is 5.92 Å². The molecule has 1 heterocycles.